The monoisotopic (exact) mass is 479 g/mol. The van der Waals surface area contributed by atoms with Gasteiger partial charge < -0.3 is 29.3 Å². The van der Waals surface area contributed by atoms with Crippen molar-refractivity contribution in [3.05, 3.63) is 53.8 Å². The molecule has 1 N–H and O–H groups in total. The second kappa shape index (κ2) is 10.1. The molecule has 0 aliphatic carbocycles. The van der Waals surface area contributed by atoms with Crippen molar-refractivity contribution in [1.82, 2.24) is 9.80 Å². The van der Waals surface area contributed by atoms with Gasteiger partial charge in [-0.15, -0.1) is 0 Å². The third-order valence-corrected chi connectivity index (χ3v) is 5.87. The van der Waals surface area contributed by atoms with Crippen molar-refractivity contribution in [2.24, 2.45) is 0 Å². The van der Waals surface area contributed by atoms with E-state index < -0.39 is 41.4 Å². The number of rotatable bonds is 6. The van der Waals surface area contributed by atoms with Crippen LogP contribution in [0.2, 0.25) is 0 Å². The lowest BCUT2D eigenvalue weighted by Crippen LogP contribution is -2.48. The summed E-state index contributed by atoms with van der Waals surface area (Å²) in [6.07, 6.45) is 0.131. The van der Waals surface area contributed by atoms with Gasteiger partial charge in [0.2, 0.25) is 0 Å². The van der Waals surface area contributed by atoms with Gasteiger partial charge in [-0.05, 0) is 49.2 Å². The predicted octanol–water partition coefficient (Wildman–Crippen LogP) is 4.01. The number of hydrogen-bond acceptors (Lipinski definition) is 5. The SMILES string of the molecule is COc1ccc(OCC2CN(C3CCN(C(=O)Nc4ccc(F)c(F)c4F)CC3)C(=O)O2)cc1. The highest BCUT2D eigenvalue weighted by molar-refractivity contribution is 5.89. The van der Waals surface area contributed by atoms with E-state index in [1.807, 2.05) is 0 Å². The van der Waals surface area contributed by atoms with Gasteiger partial charge in [0.25, 0.3) is 0 Å². The Labute approximate surface area is 194 Å². The minimum atomic E-state index is -1.64. The molecule has 2 aromatic rings. The van der Waals surface area contributed by atoms with Crippen molar-refractivity contribution in [3.8, 4) is 11.5 Å². The molecule has 2 saturated heterocycles. The molecule has 0 radical (unpaired) electrons. The van der Waals surface area contributed by atoms with Crippen LogP contribution in [-0.2, 0) is 4.74 Å². The number of piperidine rings is 1. The first-order valence-corrected chi connectivity index (χ1v) is 10.8. The van der Waals surface area contributed by atoms with E-state index >= 15 is 0 Å². The minimum absolute atomic E-state index is 0.123. The number of benzene rings is 2. The smallest absolute Gasteiger partial charge is 0.410 e. The van der Waals surface area contributed by atoms with Crippen LogP contribution in [0.25, 0.3) is 0 Å². The lowest BCUT2D eigenvalue weighted by Gasteiger charge is -2.35. The summed E-state index contributed by atoms with van der Waals surface area (Å²) in [6, 6.07) is 8.03. The molecule has 2 aliphatic rings. The number of hydrogen-bond donors (Lipinski definition) is 1. The summed E-state index contributed by atoms with van der Waals surface area (Å²) in [5, 5.41) is 2.26. The molecule has 11 heteroatoms. The minimum Gasteiger partial charge on any atom is -0.497 e. The number of nitrogens with zero attached hydrogens (tertiary/aromatic N) is 2. The van der Waals surface area contributed by atoms with Gasteiger partial charge in [0.1, 0.15) is 18.1 Å². The van der Waals surface area contributed by atoms with E-state index in [2.05, 4.69) is 5.32 Å². The summed E-state index contributed by atoms with van der Waals surface area (Å²) in [7, 11) is 1.58. The Balaban J connectivity index is 1.25. The van der Waals surface area contributed by atoms with E-state index in [0.717, 1.165) is 12.1 Å². The molecular formula is C23H24F3N3O5. The number of anilines is 1. The number of nitrogens with one attached hydrogen (secondary N) is 1. The highest BCUT2D eigenvalue weighted by atomic mass is 19.2. The van der Waals surface area contributed by atoms with Gasteiger partial charge in [-0.25, -0.2) is 22.8 Å². The Morgan fingerprint density at radius 1 is 1.06 bits per heavy atom. The molecule has 4 rings (SSSR count). The van der Waals surface area contributed by atoms with Crippen molar-refractivity contribution < 1.29 is 37.0 Å². The van der Waals surface area contributed by atoms with E-state index in [0.29, 0.717) is 44.0 Å². The van der Waals surface area contributed by atoms with E-state index in [9.17, 15) is 22.8 Å². The normalized spacial score (nSPS) is 18.6. The second-order valence-corrected chi connectivity index (χ2v) is 8.02. The highest BCUT2D eigenvalue weighted by Crippen LogP contribution is 2.25. The summed E-state index contributed by atoms with van der Waals surface area (Å²) < 4.78 is 56.5. The Kier molecular flexibility index (Phi) is 6.99. The summed E-state index contributed by atoms with van der Waals surface area (Å²) in [5.41, 5.74) is -0.436. The summed E-state index contributed by atoms with van der Waals surface area (Å²) in [6.45, 7) is 1.18. The van der Waals surface area contributed by atoms with Crippen LogP contribution in [0.4, 0.5) is 28.4 Å². The topological polar surface area (TPSA) is 80.3 Å². The predicted molar refractivity (Wildman–Crippen MR) is 115 cm³/mol. The van der Waals surface area contributed by atoms with Gasteiger partial charge in [-0.2, -0.15) is 0 Å². The largest absolute Gasteiger partial charge is 0.497 e. The van der Waals surface area contributed by atoms with Crippen LogP contribution in [-0.4, -0.2) is 67.4 Å². The van der Waals surface area contributed by atoms with Crippen LogP contribution in [0.1, 0.15) is 12.8 Å². The zero-order valence-electron chi connectivity index (χ0n) is 18.4. The summed E-state index contributed by atoms with van der Waals surface area (Å²) in [5.74, 6) is -3.09. The number of methoxy groups -OCH3 is 1. The molecule has 1 unspecified atom stereocenters. The molecule has 182 valence electrons. The Bertz CT molecular complexity index is 1040. The third-order valence-electron chi connectivity index (χ3n) is 5.87. The molecular weight excluding hydrogens is 455 g/mol. The molecule has 2 aliphatic heterocycles. The Morgan fingerprint density at radius 3 is 2.41 bits per heavy atom. The Morgan fingerprint density at radius 2 is 1.74 bits per heavy atom. The first-order valence-electron chi connectivity index (χ1n) is 10.8. The van der Waals surface area contributed by atoms with Crippen molar-refractivity contribution in [2.75, 3.05) is 38.7 Å². The van der Waals surface area contributed by atoms with E-state index in [4.69, 9.17) is 14.2 Å². The number of carbonyl (C=O) groups is 2. The maximum atomic E-state index is 13.8. The highest BCUT2D eigenvalue weighted by Gasteiger charge is 2.38. The van der Waals surface area contributed by atoms with Crippen molar-refractivity contribution in [3.63, 3.8) is 0 Å². The zero-order valence-corrected chi connectivity index (χ0v) is 18.4. The third kappa shape index (κ3) is 5.13. The molecule has 0 saturated carbocycles. The fourth-order valence-corrected chi connectivity index (χ4v) is 3.98. The molecule has 2 fully saturated rings. The average Bonchev–Trinajstić information content (AvgIpc) is 3.23. The van der Waals surface area contributed by atoms with Crippen LogP contribution in [0.5, 0.6) is 11.5 Å². The van der Waals surface area contributed by atoms with Gasteiger partial charge in [0.05, 0.1) is 19.3 Å². The van der Waals surface area contributed by atoms with Crippen LogP contribution in [0, 0.1) is 17.5 Å². The van der Waals surface area contributed by atoms with Gasteiger partial charge in [-0.1, -0.05) is 0 Å². The van der Waals surface area contributed by atoms with E-state index in [1.54, 1.807) is 36.3 Å². The van der Waals surface area contributed by atoms with Crippen LogP contribution in [0.15, 0.2) is 36.4 Å². The van der Waals surface area contributed by atoms with Crippen molar-refractivity contribution in [1.29, 1.82) is 0 Å². The fourth-order valence-electron chi connectivity index (χ4n) is 3.98. The van der Waals surface area contributed by atoms with Crippen LogP contribution >= 0.6 is 0 Å². The van der Waals surface area contributed by atoms with Crippen LogP contribution in [0.3, 0.4) is 0 Å². The van der Waals surface area contributed by atoms with E-state index in [1.165, 1.54) is 4.90 Å². The molecule has 3 amide bonds. The number of ether oxygens (including phenoxy) is 3. The summed E-state index contributed by atoms with van der Waals surface area (Å²) in [4.78, 5) is 27.9. The lowest BCUT2D eigenvalue weighted by molar-refractivity contribution is 0.0991. The molecule has 0 aromatic heterocycles. The molecule has 0 spiro atoms. The molecule has 2 aromatic carbocycles. The zero-order chi connectivity index (χ0) is 24.2. The van der Waals surface area contributed by atoms with Gasteiger partial charge >= 0.3 is 12.1 Å². The van der Waals surface area contributed by atoms with Gasteiger partial charge in [0.15, 0.2) is 23.6 Å². The van der Waals surface area contributed by atoms with Crippen molar-refractivity contribution >= 4 is 17.8 Å². The average molecular weight is 479 g/mol. The quantitative estimate of drug-likeness (QED) is 0.634. The maximum Gasteiger partial charge on any atom is 0.410 e. The fraction of sp³-hybridized carbons (Fsp3) is 0.391. The number of carbonyl (C=O) groups excluding carboxylic acids is 2. The maximum absolute atomic E-state index is 13.8. The first-order chi connectivity index (χ1) is 16.4. The molecule has 0 bridgehead atoms. The number of likely N-dealkylation sites (tertiary alicyclic amines) is 1. The molecule has 1 atom stereocenters. The number of urea groups is 1. The first kappa shape index (κ1) is 23.5. The second-order valence-electron chi connectivity index (χ2n) is 8.02. The summed E-state index contributed by atoms with van der Waals surface area (Å²) >= 11 is 0. The number of cyclic esters (lactones) is 1. The van der Waals surface area contributed by atoms with Gasteiger partial charge in [-0.3, -0.25) is 0 Å². The van der Waals surface area contributed by atoms with E-state index in [-0.39, 0.29) is 12.6 Å². The molecule has 34 heavy (non-hydrogen) atoms. The molecule has 8 nitrogen and oxygen atoms in total. The van der Waals surface area contributed by atoms with Gasteiger partial charge in [0, 0.05) is 19.1 Å². The van der Waals surface area contributed by atoms with Crippen LogP contribution < -0.4 is 14.8 Å². The molecule has 2 heterocycles. The lowest BCUT2D eigenvalue weighted by atomic mass is 10.0. The standard InChI is InChI=1S/C23H24F3N3O5/c1-32-15-2-4-16(5-3-15)33-13-17-12-29(23(31)34-17)14-8-10-28(11-9-14)22(30)27-19-7-6-18(24)20(25)21(19)26/h2-7,14,17H,8-13H2,1H3,(H,27,30). The Hall–Kier alpha value is -3.63. The number of halogens is 3. The van der Waals surface area contributed by atoms with Crippen molar-refractivity contribution in [2.45, 2.75) is 25.0 Å². The number of amides is 3.